The van der Waals surface area contributed by atoms with Crippen molar-refractivity contribution in [3.05, 3.63) is 0 Å². The van der Waals surface area contributed by atoms with Gasteiger partial charge < -0.3 is 19.5 Å². The number of ether oxygens (including phenoxy) is 2. The third kappa shape index (κ3) is 1.89. The van der Waals surface area contributed by atoms with Crippen molar-refractivity contribution >= 4 is 5.91 Å². The summed E-state index contributed by atoms with van der Waals surface area (Å²) in [4.78, 5) is 13.4. The Labute approximate surface area is 82.6 Å². The molecule has 5 heteroatoms. The maximum absolute atomic E-state index is 11.7. The van der Waals surface area contributed by atoms with Crippen LogP contribution in [0.3, 0.4) is 0 Å². The van der Waals surface area contributed by atoms with Crippen LogP contribution in [0.4, 0.5) is 0 Å². The summed E-state index contributed by atoms with van der Waals surface area (Å²) in [6.45, 7) is 2.88. The van der Waals surface area contributed by atoms with Crippen LogP contribution in [0.2, 0.25) is 0 Å². The number of aliphatic hydroxyl groups excluding tert-OH is 1. The van der Waals surface area contributed by atoms with E-state index in [1.807, 2.05) is 0 Å². The zero-order valence-corrected chi connectivity index (χ0v) is 8.02. The van der Waals surface area contributed by atoms with Crippen LogP contribution in [-0.4, -0.2) is 61.5 Å². The van der Waals surface area contributed by atoms with E-state index in [1.165, 1.54) is 0 Å². The minimum Gasteiger partial charge on any atom is -0.396 e. The highest BCUT2D eigenvalue weighted by molar-refractivity contribution is 5.81. The molecular weight excluding hydrogens is 186 g/mol. The van der Waals surface area contributed by atoms with Gasteiger partial charge in [0.1, 0.15) is 0 Å². The van der Waals surface area contributed by atoms with Crippen LogP contribution >= 0.6 is 0 Å². The Kier molecular flexibility index (Phi) is 3.00. The fraction of sp³-hybridized carbons (Fsp3) is 0.889. The number of amides is 1. The van der Waals surface area contributed by atoms with Gasteiger partial charge in [-0.15, -0.1) is 0 Å². The molecule has 0 aromatic carbocycles. The molecule has 0 aromatic heterocycles. The summed E-state index contributed by atoms with van der Waals surface area (Å²) < 4.78 is 10.4. The van der Waals surface area contributed by atoms with E-state index in [9.17, 15) is 4.79 Å². The fourth-order valence-corrected chi connectivity index (χ4v) is 1.70. The standard InChI is InChI=1S/C9H15NO4/c11-5-7-3-10(4-7)9(12)8-6-13-1-2-14-8/h7-8,11H,1-6H2. The van der Waals surface area contributed by atoms with Gasteiger partial charge in [-0.2, -0.15) is 0 Å². The van der Waals surface area contributed by atoms with Crippen molar-refractivity contribution in [3.8, 4) is 0 Å². The molecule has 0 bridgehead atoms. The molecule has 2 fully saturated rings. The van der Waals surface area contributed by atoms with Gasteiger partial charge in [0.2, 0.25) is 0 Å². The molecular formula is C9H15NO4. The normalized spacial score (nSPS) is 28.6. The first-order valence-electron chi connectivity index (χ1n) is 4.90. The van der Waals surface area contributed by atoms with E-state index in [4.69, 9.17) is 14.6 Å². The van der Waals surface area contributed by atoms with Crippen molar-refractivity contribution in [2.45, 2.75) is 6.10 Å². The second kappa shape index (κ2) is 4.25. The van der Waals surface area contributed by atoms with Crippen LogP contribution in [-0.2, 0) is 14.3 Å². The molecule has 2 aliphatic rings. The lowest BCUT2D eigenvalue weighted by molar-refractivity contribution is -0.164. The minimum atomic E-state index is -0.427. The highest BCUT2D eigenvalue weighted by Gasteiger charge is 2.35. The molecule has 2 rings (SSSR count). The topological polar surface area (TPSA) is 59.0 Å². The molecule has 0 spiro atoms. The predicted octanol–water partition coefficient (Wildman–Crippen LogP) is -1.15. The lowest BCUT2D eigenvalue weighted by atomic mass is 10.0. The van der Waals surface area contributed by atoms with Gasteiger partial charge in [0, 0.05) is 25.6 Å². The molecule has 2 heterocycles. The molecule has 2 aliphatic heterocycles. The van der Waals surface area contributed by atoms with Crippen LogP contribution in [0.1, 0.15) is 0 Å². The monoisotopic (exact) mass is 201 g/mol. The van der Waals surface area contributed by atoms with Crippen molar-refractivity contribution in [2.75, 3.05) is 39.5 Å². The first-order valence-corrected chi connectivity index (χ1v) is 4.90. The van der Waals surface area contributed by atoms with Gasteiger partial charge in [-0.25, -0.2) is 0 Å². The molecule has 1 atom stereocenters. The second-order valence-electron chi connectivity index (χ2n) is 3.73. The van der Waals surface area contributed by atoms with Gasteiger partial charge in [0.25, 0.3) is 5.91 Å². The van der Waals surface area contributed by atoms with E-state index >= 15 is 0 Å². The number of aliphatic hydroxyl groups is 1. The molecule has 1 N–H and O–H groups in total. The Morgan fingerprint density at radius 1 is 1.43 bits per heavy atom. The Hall–Kier alpha value is -0.650. The Morgan fingerprint density at radius 2 is 2.21 bits per heavy atom. The van der Waals surface area contributed by atoms with Crippen LogP contribution in [0.5, 0.6) is 0 Å². The summed E-state index contributed by atoms with van der Waals surface area (Å²) in [6, 6.07) is 0. The van der Waals surface area contributed by atoms with Crippen LogP contribution in [0.25, 0.3) is 0 Å². The molecule has 0 aliphatic carbocycles. The summed E-state index contributed by atoms with van der Waals surface area (Å²) in [5, 5.41) is 8.80. The zero-order chi connectivity index (χ0) is 9.97. The highest BCUT2D eigenvalue weighted by atomic mass is 16.6. The van der Waals surface area contributed by atoms with Crippen molar-refractivity contribution in [3.63, 3.8) is 0 Å². The third-order valence-corrected chi connectivity index (χ3v) is 2.62. The van der Waals surface area contributed by atoms with Gasteiger partial charge in [0.15, 0.2) is 6.10 Å². The number of hydrogen-bond acceptors (Lipinski definition) is 4. The minimum absolute atomic E-state index is 0.00519. The molecule has 0 aromatic rings. The molecule has 5 nitrogen and oxygen atoms in total. The van der Waals surface area contributed by atoms with E-state index in [1.54, 1.807) is 4.90 Å². The largest absolute Gasteiger partial charge is 0.396 e. The third-order valence-electron chi connectivity index (χ3n) is 2.62. The maximum Gasteiger partial charge on any atom is 0.254 e. The summed E-state index contributed by atoms with van der Waals surface area (Å²) in [7, 11) is 0. The summed E-state index contributed by atoms with van der Waals surface area (Å²) in [5.74, 6) is 0.248. The van der Waals surface area contributed by atoms with Crippen LogP contribution in [0.15, 0.2) is 0 Å². The van der Waals surface area contributed by atoms with E-state index in [2.05, 4.69) is 0 Å². The summed E-state index contributed by atoms with van der Waals surface area (Å²) in [5.41, 5.74) is 0. The van der Waals surface area contributed by atoms with Gasteiger partial charge in [-0.1, -0.05) is 0 Å². The van der Waals surface area contributed by atoms with Crippen molar-refractivity contribution in [1.82, 2.24) is 4.90 Å². The lowest BCUT2D eigenvalue weighted by Gasteiger charge is -2.40. The molecule has 0 radical (unpaired) electrons. The first-order chi connectivity index (χ1) is 6.81. The number of likely N-dealkylation sites (tertiary alicyclic amines) is 1. The second-order valence-corrected chi connectivity index (χ2v) is 3.73. The average Bonchev–Trinajstić information content (AvgIpc) is 2.17. The van der Waals surface area contributed by atoms with Crippen LogP contribution in [0, 0.1) is 5.92 Å². The highest BCUT2D eigenvalue weighted by Crippen LogP contribution is 2.17. The number of carbonyl (C=O) groups excluding carboxylic acids is 1. The number of rotatable bonds is 2. The smallest absolute Gasteiger partial charge is 0.254 e. The molecule has 2 saturated heterocycles. The first kappa shape index (κ1) is 9.89. The Bertz CT molecular complexity index is 209. The fourth-order valence-electron chi connectivity index (χ4n) is 1.70. The lowest BCUT2D eigenvalue weighted by Crippen LogP contribution is -2.56. The molecule has 14 heavy (non-hydrogen) atoms. The van der Waals surface area contributed by atoms with E-state index in [0.29, 0.717) is 32.9 Å². The average molecular weight is 201 g/mol. The van der Waals surface area contributed by atoms with Crippen molar-refractivity contribution in [1.29, 1.82) is 0 Å². The molecule has 1 amide bonds. The van der Waals surface area contributed by atoms with Crippen molar-refractivity contribution in [2.24, 2.45) is 5.92 Å². The Balaban J connectivity index is 1.78. The van der Waals surface area contributed by atoms with Crippen LogP contribution < -0.4 is 0 Å². The quantitative estimate of drug-likeness (QED) is 0.613. The van der Waals surface area contributed by atoms with Gasteiger partial charge >= 0.3 is 0 Å². The maximum atomic E-state index is 11.7. The zero-order valence-electron chi connectivity index (χ0n) is 8.02. The number of nitrogens with zero attached hydrogens (tertiary/aromatic N) is 1. The molecule has 80 valence electrons. The van der Waals surface area contributed by atoms with E-state index in [-0.39, 0.29) is 18.4 Å². The van der Waals surface area contributed by atoms with Crippen molar-refractivity contribution < 1.29 is 19.4 Å². The number of hydrogen-bond donors (Lipinski definition) is 1. The summed E-state index contributed by atoms with van der Waals surface area (Å²) >= 11 is 0. The molecule has 1 unspecified atom stereocenters. The summed E-state index contributed by atoms with van der Waals surface area (Å²) in [6.07, 6.45) is -0.427. The van der Waals surface area contributed by atoms with Gasteiger partial charge in [-0.3, -0.25) is 4.79 Å². The van der Waals surface area contributed by atoms with E-state index in [0.717, 1.165) is 0 Å². The molecule has 0 saturated carbocycles. The van der Waals surface area contributed by atoms with E-state index < -0.39 is 6.10 Å². The number of carbonyl (C=O) groups is 1. The Morgan fingerprint density at radius 3 is 2.79 bits per heavy atom. The van der Waals surface area contributed by atoms with Gasteiger partial charge in [0.05, 0.1) is 19.8 Å². The predicted molar refractivity (Wildman–Crippen MR) is 47.7 cm³/mol. The van der Waals surface area contributed by atoms with Gasteiger partial charge in [-0.05, 0) is 0 Å². The SMILES string of the molecule is O=C(C1COCCO1)N1CC(CO)C1.